The summed E-state index contributed by atoms with van der Waals surface area (Å²) in [5, 5.41) is 7.10. The van der Waals surface area contributed by atoms with Gasteiger partial charge in [-0.05, 0) is 64.5 Å². The van der Waals surface area contributed by atoms with Gasteiger partial charge in [-0.15, -0.1) is 0 Å². The molecule has 1 aliphatic carbocycles. The van der Waals surface area contributed by atoms with Crippen molar-refractivity contribution in [3.8, 4) is 0 Å². The number of nitrogens with zero attached hydrogens (tertiary/aromatic N) is 1. The monoisotopic (exact) mass is 533 g/mol. The van der Waals surface area contributed by atoms with Crippen molar-refractivity contribution in [1.82, 2.24) is 10.3 Å². The van der Waals surface area contributed by atoms with Crippen molar-refractivity contribution in [2.24, 2.45) is 5.41 Å². The molecule has 2 N–H and O–H groups in total. The van der Waals surface area contributed by atoms with E-state index in [9.17, 15) is 9.59 Å². The lowest BCUT2D eigenvalue weighted by atomic mass is 9.68. The molecule has 0 fully saturated rings. The number of amides is 1. The zero-order chi connectivity index (χ0) is 23.2. The Balaban J connectivity index is 1.83. The average molecular weight is 535 g/mol. The maximum absolute atomic E-state index is 13.5. The molecule has 166 valence electrons. The summed E-state index contributed by atoms with van der Waals surface area (Å²) in [6.07, 6.45) is 2.71. The van der Waals surface area contributed by atoms with Crippen LogP contribution in [0.1, 0.15) is 45.1 Å². The molecular weight excluding hydrogens is 513 g/mol. The Hall–Kier alpha value is -2.15. The molecule has 1 aromatic carbocycles. The van der Waals surface area contributed by atoms with Gasteiger partial charge in [-0.25, -0.2) is 4.98 Å². The number of carbonyl (C=O) groups is 2. The van der Waals surface area contributed by atoms with Crippen LogP contribution in [0.4, 0.5) is 5.82 Å². The first-order valence-corrected chi connectivity index (χ1v) is 11.7. The summed E-state index contributed by atoms with van der Waals surface area (Å²) in [4.78, 5) is 31.0. The van der Waals surface area contributed by atoms with Gasteiger partial charge in [0.2, 0.25) is 0 Å². The number of halogens is 3. The molecule has 1 amide bonds. The van der Waals surface area contributed by atoms with E-state index in [1.54, 1.807) is 36.5 Å². The van der Waals surface area contributed by atoms with Crippen molar-refractivity contribution in [3.63, 3.8) is 0 Å². The molecule has 2 aromatic rings. The van der Waals surface area contributed by atoms with Crippen LogP contribution < -0.4 is 10.6 Å². The van der Waals surface area contributed by atoms with Gasteiger partial charge in [0.05, 0.1) is 0 Å². The number of hydrogen-bond donors (Lipinski definition) is 2. The summed E-state index contributed by atoms with van der Waals surface area (Å²) >= 11 is 16.1. The van der Waals surface area contributed by atoms with Crippen LogP contribution in [-0.4, -0.2) is 16.7 Å². The number of nitrogens with one attached hydrogen (secondary N) is 2. The fourth-order valence-electron chi connectivity index (χ4n) is 4.42. The third kappa shape index (κ3) is 4.49. The van der Waals surface area contributed by atoms with Gasteiger partial charge in [-0.1, -0.05) is 43.1 Å². The molecular formula is C24H22BrCl2N3O2. The van der Waals surface area contributed by atoms with Gasteiger partial charge in [0, 0.05) is 55.6 Å². The molecule has 1 atom stereocenters. The molecule has 0 unspecified atom stereocenters. The molecule has 2 aliphatic rings. The number of hydrogen-bond acceptors (Lipinski definition) is 4. The Morgan fingerprint density at radius 2 is 1.97 bits per heavy atom. The van der Waals surface area contributed by atoms with E-state index in [1.165, 1.54) is 0 Å². The Labute approximate surface area is 205 Å². The summed E-state index contributed by atoms with van der Waals surface area (Å²) in [5.41, 5.74) is 3.06. The number of ketones is 1. The molecule has 5 nitrogen and oxygen atoms in total. The summed E-state index contributed by atoms with van der Waals surface area (Å²) in [6, 6.07) is 8.65. The van der Waals surface area contributed by atoms with Crippen LogP contribution in [-0.2, 0) is 9.59 Å². The summed E-state index contributed by atoms with van der Waals surface area (Å²) in [5.74, 6) is -0.519. The molecule has 0 saturated carbocycles. The van der Waals surface area contributed by atoms with Crippen LogP contribution in [0.5, 0.6) is 0 Å². The van der Waals surface area contributed by atoms with Gasteiger partial charge in [0.1, 0.15) is 5.82 Å². The lowest BCUT2D eigenvalue weighted by Crippen LogP contribution is -2.39. The lowest BCUT2D eigenvalue weighted by molar-refractivity contribution is -0.118. The highest BCUT2D eigenvalue weighted by atomic mass is 79.9. The number of aromatic nitrogens is 1. The van der Waals surface area contributed by atoms with E-state index in [0.29, 0.717) is 51.1 Å². The largest absolute Gasteiger partial charge is 0.362 e. The van der Waals surface area contributed by atoms with Crippen LogP contribution in [0, 0.1) is 5.41 Å². The zero-order valence-electron chi connectivity index (χ0n) is 17.9. The molecule has 4 rings (SSSR count). The highest BCUT2D eigenvalue weighted by Gasteiger charge is 2.43. The number of rotatable bonds is 3. The van der Waals surface area contributed by atoms with E-state index in [-0.39, 0.29) is 17.1 Å². The molecule has 2 heterocycles. The minimum Gasteiger partial charge on any atom is -0.362 e. The fourth-order valence-corrected chi connectivity index (χ4v) is 5.17. The number of benzene rings is 1. The van der Waals surface area contributed by atoms with Crippen molar-refractivity contribution in [1.29, 1.82) is 0 Å². The van der Waals surface area contributed by atoms with Gasteiger partial charge >= 0.3 is 0 Å². The maximum atomic E-state index is 13.5. The van der Waals surface area contributed by atoms with E-state index in [4.69, 9.17) is 23.2 Å². The smallest absolute Gasteiger partial charge is 0.255 e. The minimum absolute atomic E-state index is 0.0133. The van der Waals surface area contributed by atoms with Crippen molar-refractivity contribution < 1.29 is 9.59 Å². The number of allylic oxidation sites excluding steroid dienone is 3. The van der Waals surface area contributed by atoms with Crippen LogP contribution >= 0.6 is 39.1 Å². The number of pyridine rings is 1. The number of dihydropyridines is 1. The van der Waals surface area contributed by atoms with Crippen molar-refractivity contribution in [2.75, 3.05) is 5.32 Å². The summed E-state index contributed by atoms with van der Waals surface area (Å²) in [7, 11) is 0. The first kappa shape index (κ1) is 23.0. The van der Waals surface area contributed by atoms with E-state index < -0.39 is 5.92 Å². The van der Waals surface area contributed by atoms with Gasteiger partial charge in [-0.3, -0.25) is 9.59 Å². The Kier molecular flexibility index (Phi) is 6.23. The second-order valence-corrected chi connectivity index (χ2v) is 10.7. The minimum atomic E-state index is -0.602. The molecule has 1 aliphatic heterocycles. The Morgan fingerprint density at radius 1 is 1.22 bits per heavy atom. The van der Waals surface area contributed by atoms with Crippen LogP contribution in [0.25, 0.3) is 0 Å². The molecule has 0 bridgehead atoms. The fraction of sp³-hybridized carbons (Fsp3) is 0.292. The second kappa shape index (κ2) is 8.65. The van der Waals surface area contributed by atoms with Crippen molar-refractivity contribution in [2.45, 2.75) is 39.5 Å². The highest BCUT2D eigenvalue weighted by Crippen LogP contribution is 2.48. The van der Waals surface area contributed by atoms with E-state index >= 15 is 0 Å². The number of carbonyl (C=O) groups excluding carboxylic acids is 2. The molecule has 0 radical (unpaired) electrons. The van der Waals surface area contributed by atoms with Gasteiger partial charge in [-0.2, -0.15) is 0 Å². The number of Topliss-reactive ketones (excluding diaryl/α,β-unsaturated/α-hetero) is 1. The van der Waals surface area contributed by atoms with Gasteiger partial charge in [0.15, 0.2) is 5.78 Å². The predicted octanol–water partition coefficient (Wildman–Crippen LogP) is 6.39. The molecule has 0 spiro atoms. The first-order chi connectivity index (χ1) is 15.1. The SMILES string of the molecule is CC1=C(C(=O)Nc2ccc(Br)cn2)[C@H](c2ccc(Cl)cc2Cl)C2=C(CC(C)(C)CC2=O)N1. The molecule has 0 saturated heterocycles. The van der Waals surface area contributed by atoms with E-state index in [2.05, 4.69) is 45.4 Å². The lowest BCUT2D eigenvalue weighted by Gasteiger charge is -2.39. The second-order valence-electron chi connectivity index (χ2n) is 8.91. The zero-order valence-corrected chi connectivity index (χ0v) is 21.0. The maximum Gasteiger partial charge on any atom is 0.255 e. The quantitative estimate of drug-likeness (QED) is 0.478. The molecule has 1 aromatic heterocycles. The summed E-state index contributed by atoms with van der Waals surface area (Å²) in [6.45, 7) is 5.98. The Morgan fingerprint density at radius 3 is 2.62 bits per heavy atom. The standard InChI is InChI=1S/C24H22BrCl2N3O2/c1-12-20(23(32)30-19-7-4-13(25)11-28-19)21(15-6-5-14(26)8-16(15)27)22-17(29-12)9-24(2,3)10-18(22)31/h4-8,11,21,29H,9-10H2,1-3H3,(H,28,30,32)/t21-/m0/s1. The van der Waals surface area contributed by atoms with Crippen LogP contribution in [0.2, 0.25) is 10.0 Å². The van der Waals surface area contributed by atoms with Crippen molar-refractivity contribution >= 4 is 56.6 Å². The first-order valence-electron chi connectivity index (χ1n) is 10.2. The molecule has 8 heteroatoms. The van der Waals surface area contributed by atoms with Crippen molar-refractivity contribution in [3.05, 3.63) is 79.2 Å². The highest BCUT2D eigenvalue weighted by molar-refractivity contribution is 9.10. The average Bonchev–Trinajstić information content (AvgIpc) is 2.67. The van der Waals surface area contributed by atoms with Crippen LogP contribution in [0.15, 0.2) is 63.5 Å². The molecule has 32 heavy (non-hydrogen) atoms. The predicted molar refractivity (Wildman–Crippen MR) is 131 cm³/mol. The van der Waals surface area contributed by atoms with Gasteiger partial charge < -0.3 is 10.6 Å². The van der Waals surface area contributed by atoms with Crippen LogP contribution in [0.3, 0.4) is 0 Å². The third-order valence-corrected chi connectivity index (χ3v) is 6.76. The third-order valence-electron chi connectivity index (χ3n) is 5.73. The van der Waals surface area contributed by atoms with E-state index in [0.717, 1.165) is 10.2 Å². The van der Waals surface area contributed by atoms with Gasteiger partial charge in [0.25, 0.3) is 5.91 Å². The topological polar surface area (TPSA) is 71.1 Å². The Bertz CT molecular complexity index is 1190. The number of anilines is 1. The van der Waals surface area contributed by atoms with E-state index in [1.807, 2.05) is 6.92 Å². The normalized spacial score (nSPS) is 20.1. The summed E-state index contributed by atoms with van der Waals surface area (Å²) < 4.78 is 0.807.